The normalized spacial score (nSPS) is 11.9. The number of aryl methyl sites for hydroxylation is 1. The Bertz CT molecular complexity index is 1020. The van der Waals surface area contributed by atoms with Crippen LogP contribution in [0.2, 0.25) is 0 Å². The summed E-state index contributed by atoms with van der Waals surface area (Å²) >= 11 is 0. The molecular formula is C24H25F2NO2S. The molecule has 0 heterocycles. The minimum atomic E-state index is -3.86. The standard InChI is InChI=1S/C24H25F2NO2S/c1-17(2)3-4-18-5-15-23(16-6-18)30(28,29)27-24(19-7-11-21(25)12-8-19)20-9-13-22(26)14-10-20/h5-17,24,27H,3-4H2,1-2H3. The first-order valence-corrected chi connectivity index (χ1v) is 11.3. The molecule has 0 unspecified atom stereocenters. The summed E-state index contributed by atoms with van der Waals surface area (Å²) in [6, 6.07) is 17.2. The zero-order valence-corrected chi connectivity index (χ0v) is 17.8. The molecule has 3 aromatic rings. The Balaban J connectivity index is 1.89. The monoisotopic (exact) mass is 429 g/mol. The highest BCUT2D eigenvalue weighted by molar-refractivity contribution is 7.89. The van der Waals surface area contributed by atoms with Crippen molar-refractivity contribution in [1.82, 2.24) is 4.72 Å². The van der Waals surface area contributed by atoms with Gasteiger partial charge >= 0.3 is 0 Å². The van der Waals surface area contributed by atoms with Crippen LogP contribution in [0.25, 0.3) is 0 Å². The van der Waals surface area contributed by atoms with Gasteiger partial charge in [-0.3, -0.25) is 0 Å². The van der Waals surface area contributed by atoms with Crippen LogP contribution in [-0.2, 0) is 16.4 Å². The molecule has 0 aliphatic heterocycles. The predicted octanol–water partition coefficient (Wildman–Crippen LogP) is 5.62. The molecule has 0 saturated carbocycles. The van der Waals surface area contributed by atoms with Gasteiger partial charge in [0.05, 0.1) is 10.9 Å². The van der Waals surface area contributed by atoms with Crippen molar-refractivity contribution in [2.24, 2.45) is 5.92 Å². The third kappa shape index (κ3) is 5.74. The van der Waals surface area contributed by atoms with Crippen molar-refractivity contribution in [3.05, 3.63) is 101 Å². The SMILES string of the molecule is CC(C)CCc1ccc(S(=O)(=O)NC(c2ccc(F)cc2)c2ccc(F)cc2)cc1. The summed E-state index contributed by atoms with van der Waals surface area (Å²) in [7, 11) is -3.86. The van der Waals surface area contributed by atoms with Gasteiger partial charge in [0.25, 0.3) is 0 Å². The fourth-order valence-corrected chi connectivity index (χ4v) is 4.37. The molecule has 158 valence electrons. The average Bonchev–Trinajstić information content (AvgIpc) is 2.72. The fraction of sp³-hybridized carbons (Fsp3) is 0.250. The molecule has 30 heavy (non-hydrogen) atoms. The maximum absolute atomic E-state index is 13.4. The minimum Gasteiger partial charge on any atom is -0.207 e. The summed E-state index contributed by atoms with van der Waals surface area (Å²) in [4.78, 5) is 0.144. The third-order valence-electron chi connectivity index (χ3n) is 4.92. The van der Waals surface area contributed by atoms with Gasteiger partial charge in [-0.05, 0) is 71.8 Å². The van der Waals surface area contributed by atoms with E-state index in [1.807, 2.05) is 12.1 Å². The van der Waals surface area contributed by atoms with Gasteiger partial charge in [0.1, 0.15) is 11.6 Å². The van der Waals surface area contributed by atoms with Crippen molar-refractivity contribution in [3.63, 3.8) is 0 Å². The van der Waals surface area contributed by atoms with E-state index in [9.17, 15) is 17.2 Å². The molecule has 3 aromatic carbocycles. The van der Waals surface area contributed by atoms with Crippen LogP contribution in [0.5, 0.6) is 0 Å². The smallest absolute Gasteiger partial charge is 0.207 e. The highest BCUT2D eigenvalue weighted by Gasteiger charge is 2.23. The van der Waals surface area contributed by atoms with Crippen molar-refractivity contribution in [3.8, 4) is 0 Å². The number of nitrogens with one attached hydrogen (secondary N) is 1. The molecular weight excluding hydrogens is 404 g/mol. The van der Waals surface area contributed by atoms with Gasteiger partial charge in [-0.1, -0.05) is 50.2 Å². The maximum atomic E-state index is 13.4. The van der Waals surface area contributed by atoms with E-state index in [1.165, 1.54) is 48.5 Å². The van der Waals surface area contributed by atoms with E-state index in [-0.39, 0.29) is 4.90 Å². The highest BCUT2D eigenvalue weighted by atomic mass is 32.2. The summed E-state index contributed by atoms with van der Waals surface area (Å²) in [5.41, 5.74) is 2.19. The van der Waals surface area contributed by atoms with E-state index >= 15 is 0 Å². The molecule has 0 spiro atoms. The summed E-state index contributed by atoms with van der Waals surface area (Å²) in [5, 5.41) is 0. The lowest BCUT2D eigenvalue weighted by molar-refractivity contribution is 0.571. The largest absolute Gasteiger partial charge is 0.241 e. The molecule has 0 radical (unpaired) electrons. The molecule has 0 fully saturated rings. The second-order valence-electron chi connectivity index (χ2n) is 7.73. The Morgan fingerprint density at radius 2 is 1.23 bits per heavy atom. The summed E-state index contributed by atoms with van der Waals surface area (Å²) in [6.45, 7) is 4.29. The van der Waals surface area contributed by atoms with Crippen LogP contribution >= 0.6 is 0 Å². The number of hydrogen-bond donors (Lipinski definition) is 1. The van der Waals surface area contributed by atoms with Crippen molar-refractivity contribution in [2.75, 3.05) is 0 Å². The molecule has 0 saturated heterocycles. The number of hydrogen-bond acceptors (Lipinski definition) is 2. The van der Waals surface area contributed by atoms with E-state index in [1.54, 1.807) is 12.1 Å². The summed E-state index contributed by atoms with van der Waals surface area (Å²) in [5.74, 6) is -0.268. The molecule has 3 nitrogen and oxygen atoms in total. The van der Waals surface area contributed by atoms with E-state index < -0.39 is 27.7 Å². The zero-order valence-electron chi connectivity index (χ0n) is 17.0. The number of benzene rings is 3. The van der Waals surface area contributed by atoms with Crippen molar-refractivity contribution >= 4 is 10.0 Å². The fourth-order valence-electron chi connectivity index (χ4n) is 3.15. The van der Waals surface area contributed by atoms with Crippen LogP contribution < -0.4 is 4.72 Å². The van der Waals surface area contributed by atoms with Crippen LogP contribution in [0.1, 0.15) is 43.0 Å². The van der Waals surface area contributed by atoms with Crippen molar-refractivity contribution in [2.45, 2.75) is 37.6 Å². The molecule has 1 N–H and O–H groups in total. The van der Waals surface area contributed by atoms with Crippen LogP contribution in [-0.4, -0.2) is 8.42 Å². The van der Waals surface area contributed by atoms with Gasteiger partial charge in [-0.2, -0.15) is 4.72 Å². The lowest BCUT2D eigenvalue weighted by atomic mass is 10.00. The van der Waals surface area contributed by atoms with Gasteiger partial charge in [0.15, 0.2) is 0 Å². The van der Waals surface area contributed by atoms with E-state index in [0.717, 1.165) is 18.4 Å². The van der Waals surface area contributed by atoms with Gasteiger partial charge in [-0.15, -0.1) is 0 Å². The Morgan fingerprint density at radius 1 is 0.767 bits per heavy atom. The first-order chi connectivity index (χ1) is 14.2. The quantitative estimate of drug-likeness (QED) is 0.505. The van der Waals surface area contributed by atoms with Crippen LogP contribution in [0.15, 0.2) is 77.7 Å². The van der Waals surface area contributed by atoms with Gasteiger partial charge in [-0.25, -0.2) is 17.2 Å². The van der Waals surface area contributed by atoms with Crippen LogP contribution in [0, 0.1) is 17.6 Å². The molecule has 3 rings (SSSR count). The maximum Gasteiger partial charge on any atom is 0.241 e. The second-order valence-corrected chi connectivity index (χ2v) is 9.45. The molecule has 0 atom stereocenters. The van der Waals surface area contributed by atoms with E-state index in [0.29, 0.717) is 17.0 Å². The Labute approximate surface area is 176 Å². The highest BCUT2D eigenvalue weighted by Crippen LogP contribution is 2.25. The molecule has 0 bridgehead atoms. The van der Waals surface area contributed by atoms with Gasteiger partial charge < -0.3 is 0 Å². The summed E-state index contributed by atoms with van der Waals surface area (Å²) < 4.78 is 55.5. The number of halogens is 2. The van der Waals surface area contributed by atoms with Crippen LogP contribution in [0.3, 0.4) is 0 Å². The van der Waals surface area contributed by atoms with Gasteiger partial charge in [0, 0.05) is 0 Å². The Kier molecular flexibility index (Phi) is 7.00. The molecule has 6 heteroatoms. The van der Waals surface area contributed by atoms with E-state index in [4.69, 9.17) is 0 Å². The molecule has 0 aliphatic carbocycles. The topological polar surface area (TPSA) is 46.2 Å². The lowest BCUT2D eigenvalue weighted by Gasteiger charge is -2.20. The van der Waals surface area contributed by atoms with Crippen LogP contribution in [0.4, 0.5) is 8.78 Å². The minimum absolute atomic E-state index is 0.144. The van der Waals surface area contributed by atoms with E-state index in [2.05, 4.69) is 18.6 Å². The van der Waals surface area contributed by atoms with Crippen molar-refractivity contribution in [1.29, 1.82) is 0 Å². The average molecular weight is 430 g/mol. The summed E-state index contributed by atoms with van der Waals surface area (Å²) in [6.07, 6.45) is 1.92. The number of rotatable bonds is 8. The molecule has 0 amide bonds. The first kappa shape index (κ1) is 22.1. The van der Waals surface area contributed by atoms with Crippen molar-refractivity contribution < 1.29 is 17.2 Å². The molecule has 0 aliphatic rings. The Hall–Kier alpha value is -2.57. The predicted molar refractivity (Wildman–Crippen MR) is 115 cm³/mol. The Morgan fingerprint density at radius 3 is 1.67 bits per heavy atom. The second kappa shape index (κ2) is 9.49. The number of sulfonamides is 1. The molecule has 0 aromatic heterocycles. The van der Waals surface area contributed by atoms with Gasteiger partial charge in [0.2, 0.25) is 10.0 Å². The third-order valence-corrected chi connectivity index (χ3v) is 6.36. The zero-order chi connectivity index (χ0) is 21.7. The lowest BCUT2D eigenvalue weighted by Crippen LogP contribution is -2.29. The first-order valence-electron chi connectivity index (χ1n) is 9.87.